The van der Waals surface area contributed by atoms with Crippen LogP contribution in [0.3, 0.4) is 0 Å². The molecule has 7 heteroatoms. The number of halogens is 1. The van der Waals surface area contributed by atoms with Gasteiger partial charge in [-0.05, 0) is 19.1 Å². The van der Waals surface area contributed by atoms with Crippen LogP contribution in [-0.4, -0.2) is 14.6 Å². The molecule has 0 unspecified atom stereocenters. The van der Waals surface area contributed by atoms with Gasteiger partial charge in [0.25, 0.3) is 11.1 Å². The van der Waals surface area contributed by atoms with Crippen molar-refractivity contribution in [2.75, 3.05) is 0 Å². The lowest BCUT2D eigenvalue weighted by atomic mass is 10.2. The number of fused-ring (bicyclic) bond motifs is 1. The summed E-state index contributed by atoms with van der Waals surface area (Å²) < 4.78 is 14.9. The molecule has 0 bridgehead atoms. The fourth-order valence-electron chi connectivity index (χ4n) is 1.72. The van der Waals surface area contributed by atoms with Gasteiger partial charge in [0.05, 0.1) is 4.53 Å². The van der Waals surface area contributed by atoms with Crippen LogP contribution in [0.2, 0.25) is 0 Å². The van der Waals surface area contributed by atoms with Gasteiger partial charge in [-0.15, -0.1) is 0 Å². The quantitative estimate of drug-likeness (QED) is 0.654. The van der Waals surface area contributed by atoms with E-state index >= 15 is 0 Å². The van der Waals surface area contributed by atoms with Crippen LogP contribution >= 0.6 is 11.3 Å². The number of rotatable bonds is 1. The molecule has 1 aromatic carbocycles. The average molecular weight is 289 g/mol. The molecule has 0 spiro atoms. The third-order valence-corrected chi connectivity index (χ3v) is 3.69. The minimum atomic E-state index is -0.469. The van der Waals surface area contributed by atoms with E-state index in [2.05, 4.69) is 10.1 Å². The van der Waals surface area contributed by atoms with E-state index < -0.39 is 16.9 Å². The SMILES string of the molecule is Cc1nn2c(=O)/c(=C/c3ccccc3F)sc2nc1=O. The Morgan fingerprint density at radius 3 is 2.80 bits per heavy atom. The smallest absolute Gasteiger partial charge is 0.266 e. The molecule has 0 saturated heterocycles. The summed E-state index contributed by atoms with van der Waals surface area (Å²) in [5.74, 6) is -0.420. The van der Waals surface area contributed by atoms with Crippen molar-refractivity contribution in [1.29, 1.82) is 0 Å². The highest BCUT2D eigenvalue weighted by Gasteiger charge is 2.08. The molecular weight excluding hydrogens is 281 g/mol. The zero-order valence-electron chi connectivity index (χ0n) is 10.3. The molecule has 0 aliphatic carbocycles. The van der Waals surface area contributed by atoms with Crippen molar-refractivity contribution < 1.29 is 4.39 Å². The molecule has 2 aromatic heterocycles. The van der Waals surface area contributed by atoms with E-state index in [9.17, 15) is 14.0 Å². The average Bonchev–Trinajstić information content (AvgIpc) is 2.70. The lowest BCUT2D eigenvalue weighted by Gasteiger charge is -1.92. The predicted octanol–water partition coefficient (Wildman–Crippen LogP) is 0.506. The second-order valence-electron chi connectivity index (χ2n) is 4.13. The Morgan fingerprint density at radius 2 is 2.05 bits per heavy atom. The van der Waals surface area contributed by atoms with Crippen LogP contribution in [-0.2, 0) is 0 Å². The normalized spacial score (nSPS) is 12.2. The van der Waals surface area contributed by atoms with Gasteiger partial charge in [-0.2, -0.15) is 14.6 Å². The first kappa shape index (κ1) is 12.6. The predicted molar refractivity (Wildman–Crippen MR) is 73.3 cm³/mol. The van der Waals surface area contributed by atoms with Gasteiger partial charge in [-0.3, -0.25) is 9.59 Å². The summed E-state index contributed by atoms with van der Waals surface area (Å²) in [6, 6.07) is 6.12. The van der Waals surface area contributed by atoms with Crippen LogP contribution in [0.1, 0.15) is 11.3 Å². The van der Waals surface area contributed by atoms with Gasteiger partial charge in [0.2, 0.25) is 4.96 Å². The third-order valence-electron chi connectivity index (χ3n) is 2.73. The maximum atomic E-state index is 13.6. The van der Waals surface area contributed by atoms with Crippen LogP contribution < -0.4 is 15.7 Å². The van der Waals surface area contributed by atoms with Gasteiger partial charge in [0.1, 0.15) is 11.5 Å². The fraction of sp³-hybridized carbons (Fsp3) is 0.0769. The minimum Gasteiger partial charge on any atom is -0.266 e. The van der Waals surface area contributed by atoms with Crippen LogP contribution in [0.15, 0.2) is 33.9 Å². The Hall–Kier alpha value is -2.41. The van der Waals surface area contributed by atoms with Crippen molar-refractivity contribution >= 4 is 22.4 Å². The Balaban J connectivity index is 2.34. The molecule has 0 N–H and O–H groups in total. The first-order chi connectivity index (χ1) is 9.56. The van der Waals surface area contributed by atoms with E-state index in [0.717, 1.165) is 15.9 Å². The number of hydrogen-bond acceptors (Lipinski definition) is 5. The van der Waals surface area contributed by atoms with Crippen molar-refractivity contribution in [1.82, 2.24) is 14.6 Å². The van der Waals surface area contributed by atoms with Gasteiger partial charge in [-0.25, -0.2) is 4.39 Å². The summed E-state index contributed by atoms with van der Waals surface area (Å²) in [5.41, 5.74) is -0.432. The van der Waals surface area contributed by atoms with E-state index in [1.165, 1.54) is 19.1 Å². The molecule has 100 valence electrons. The molecule has 0 atom stereocenters. The molecule has 0 amide bonds. The van der Waals surface area contributed by atoms with E-state index in [1.54, 1.807) is 18.2 Å². The van der Waals surface area contributed by atoms with Crippen molar-refractivity contribution in [3.8, 4) is 0 Å². The van der Waals surface area contributed by atoms with Gasteiger partial charge < -0.3 is 0 Å². The highest BCUT2D eigenvalue weighted by Crippen LogP contribution is 2.07. The topological polar surface area (TPSA) is 64.3 Å². The van der Waals surface area contributed by atoms with Gasteiger partial charge >= 0.3 is 0 Å². The molecule has 0 saturated carbocycles. The fourth-order valence-corrected chi connectivity index (χ4v) is 2.62. The maximum absolute atomic E-state index is 13.6. The summed E-state index contributed by atoms with van der Waals surface area (Å²) in [6.45, 7) is 1.49. The number of benzene rings is 1. The molecule has 2 heterocycles. The van der Waals surface area contributed by atoms with Crippen molar-refractivity contribution in [3.63, 3.8) is 0 Å². The van der Waals surface area contributed by atoms with Gasteiger partial charge in [0, 0.05) is 5.56 Å². The summed E-state index contributed by atoms with van der Waals surface area (Å²) in [7, 11) is 0. The molecule has 0 aliphatic heterocycles. The summed E-state index contributed by atoms with van der Waals surface area (Å²) in [5, 5.41) is 3.89. The van der Waals surface area contributed by atoms with E-state index in [4.69, 9.17) is 0 Å². The van der Waals surface area contributed by atoms with E-state index in [0.29, 0.717) is 5.56 Å². The van der Waals surface area contributed by atoms with Crippen molar-refractivity contribution in [3.05, 3.63) is 66.6 Å². The summed E-state index contributed by atoms with van der Waals surface area (Å²) in [6.07, 6.45) is 1.43. The first-order valence-corrected chi connectivity index (χ1v) is 6.54. The number of aromatic nitrogens is 3. The lowest BCUT2D eigenvalue weighted by Crippen LogP contribution is -2.27. The number of nitrogens with zero attached hydrogens (tertiary/aromatic N) is 3. The van der Waals surface area contributed by atoms with Crippen LogP contribution in [0.4, 0.5) is 4.39 Å². The van der Waals surface area contributed by atoms with Crippen molar-refractivity contribution in [2.45, 2.75) is 6.92 Å². The van der Waals surface area contributed by atoms with E-state index in [1.807, 2.05) is 0 Å². The highest BCUT2D eigenvalue weighted by molar-refractivity contribution is 7.15. The maximum Gasteiger partial charge on any atom is 0.295 e. The first-order valence-electron chi connectivity index (χ1n) is 5.73. The molecule has 5 nitrogen and oxygen atoms in total. The Morgan fingerprint density at radius 1 is 1.30 bits per heavy atom. The number of aryl methyl sites for hydroxylation is 1. The molecule has 3 aromatic rings. The van der Waals surface area contributed by atoms with Crippen LogP contribution in [0.5, 0.6) is 0 Å². The van der Waals surface area contributed by atoms with E-state index in [-0.39, 0.29) is 15.2 Å². The van der Waals surface area contributed by atoms with Gasteiger partial charge in [0.15, 0.2) is 0 Å². The zero-order valence-corrected chi connectivity index (χ0v) is 11.1. The summed E-state index contributed by atoms with van der Waals surface area (Å²) in [4.78, 5) is 27.5. The Kier molecular flexibility index (Phi) is 2.90. The molecule has 0 radical (unpaired) electrons. The largest absolute Gasteiger partial charge is 0.295 e. The molecule has 3 rings (SSSR count). The zero-order chi connectivity index (χ0) is 14.3. The number of hydrogen-bond donors (Lipinski definition) is 0. The molecular formula is C13H8FN3O2S. The molecule has 20 heavy (non-hydrogen) atoms. The number of thiazole rings is 1. The standard InChI is InChI=1S/C13H8FN3O2S/c1-7-11(18)15-13-17(16-7)12(19)10(20-13)6-8-4-2-3-5-9(8)14/h2-6H,1H3/b10-6-. The molecule has 0 aliphatic rings. The monoisotopic (exact) mass is 289 g/mol. The lowest BCUT2D eigenvalue weighted by molar-refractivity contribution is 0.625. The minimum absolute atomic E-state index is 0.148. The third kappa shape index (κ3) is 2.01. The second-order valence-corrected chi connectivity index (χ2v) is 5.14. The van der Waals surface area contributed by atoms with Crippen LogP contribution in [0, 0.1) is 12.7 Å². The highest BCUT2D eigenvalue weighted by atomic mass is 32.1. The molecule has 0 fully saturated rings. The Bertz CT molecular complexity index is 977. The van der Waals surface area contributed by atoms with Crippen molar-refractivity contribution in [2.24, 2.45) is 0 Å². The Labute approximate surface area is 115 Å². The van der Waals surface area contributed by atoms with Gasteiger partial charge in [-0.1, -0.05) is 29.5 Å². The summed E-state index contributed by atoms with van der Waals surface area (Å²) >= 11 is 1.00. The second kappa shape index (κ2) is 4.61. The van der Waals surface area contributed by atoms with Crippen LogP contribution in [0.25, 0.3) is 11.0 Å².